The summed E-state index contributed by atoms with van der Waals surface area (Å²) in [5, 5.41) is 13.9. The zero-order valence-electron chi connectivity index (χ0n) is 14.3. The Morgan fingerprint density at radius 3 is 2.72 bits per heavy atom. The molecule has 2 heterocycles. The highest BCUT2D eigenvalue weighted by atomic mass is 16.6. The van der Waals surface area contributed by atoms with Crippen LogP contribution in [0.3, 0.4) is 0 Å². The van der Waals surface area contributed by atoms with Crippen LogP contribution >= 0.6 is 0 Å². The third-order valence-corrected chi connectivity index (χ3v) is 4.91. The molecule has 134 valence electrons. The van der Waals surface area contributed by atoms with E-state index in [4.69, 9.17) is 0 Å². The third-order valence-electron chi connectivity index (χ3n) is 4.91. The quantitative estimate of drug-likeness (QED) is 0.657. The van der Waals surface area contributed by atoms with Crippen molar-refractivity contribution in [1.29, 1.82) is 0 Å². The number of carbonyl (C=O) groups excluding carboxylic acids is 1. The molecular formula is C18H24N4O3. The van der Waals surface area contributed by atoms with Crippen molar-refractivity contribution in [3.8, 4) is 0 Å². The lowest BCUT2D eigenvalue weighted by molar-refractivity contribution is -0.385. The SMILES string of the molecule is O=C1NCCCN1C1CCN(CC=Cc2ccccc2[N+](=O)[O-])CC1. The van der Waals surface area contributed by atoms with Gasteiger partial charge in [0.2, 0.25) is 0 Å². The lowest BCUT2D eigenvalue weighted by Crippen LogP contribution is -2.54. The van der Waals surface area contributed by atoms with Crippen molar-refractivity contribution in [1.82, 2.24) is 15.1 Å². The van der Waals surface area contributed by atoms with E-state index in [1.54, 1.807) is 12.1 Å². The molecule has 1 aromatic rings. The van der Waals surface area contributed by atoms with Gasteiger partial charge in [-0.15, -0.1) is 0 Å². The second kappa shape index (κ2) is 8.11. The molecule has 0 saturated carbocycles. The van der Waals surface area contributed by atoms with E-state index in [1.165, 1.54) is 6.07 Å². The highest BCUT2D eigenvalue weighted by molar-refractivity contribution is 5.75. The van der Waals surface area contributed by atoms with Crippen LogP contribution in [0.25, 0.3) is 6.08 Å². The Hall–Kier alpha value is -2.41. The number of para-hydroxylation sites is 1. The van der Waals surface area contributed by atoms with Gasteiger partial charge < -0.3 is 10.2 Å². The van der Waals surface area contributed by atoms with Crippen LogP contribution in [0.15, 0.2) is 30.3 Å². The van der Waals surface area contributed by atoms with Gasteiger partial charge in [0, 0.05) is 44.8 Å². The molecule has 25 heavy (non-hydrogen) atoms. The van der Waals surface area contributed by atoms with Gasteiger partial charge in [-0.25, -0.2) is 4.79 Å². The first-order valence-corrected chi connectivity index (χ1v) is 8.82. The first-order chi connectivity index (χ1) is 12.1. The summed E-state index contributed by atoms with van der Waals surface area (Å²) in [5.74, 6) is 0. The maximum atomic E-state index is 11.9. The number of carbonyl (C=O) groups is 1. The molecule has 0 atom stereocenters. The number of amides is 2. The van der Waals surface area contributed by atoms with Crippen LogP contribution < -0.4 is 5.32 Å². The molecule has 1 aromatic carbocycles. The summed E-state index contributed by atoms with van der Waals surface area (Å²) in [7, 11) is 0. The average molecular weight is 344 g/mol. The van der Waals surface area contributed by atoms with Gasteiger partial charge in [0.25, 0.3) is 5.69 Å². The number of benzene rings is 1. The summed E-state index contributed by atoms with van der Waals surface area (Å²) >= 11 is 0. The Morgan fingerprint density at radius 1 is 1.24 bits per heavy atom. The molecule has 1 N–H and O–H groups in total. The Balaban J connectivity index is 1.50. The third kappa shape index (κ3) is 4.36. The van der Waals surface area contributed by atoms with Crippen LogP contribution in [0.4, 0.5) is 10.5 Å². The standard InChI is InChI=1S/C18H24N4O3/c23-18-19-10-4-12-21(18)16-8-13-20(14-9-16)11-3-6-15-5-1-2-7-17(15)22(24)25/h1-3,5-7,16H,4,8-14H2,(H,19,23). The fourth-order valence-corrected chi connectivity index (χ4v) is 3.53. The highest BCUT2D eigenvalue weighted by Gasteiger charge is 2.28. The second-order valence-corrected chi connectivity index (χ2v) is 6.53. The number of nitro groups is 1. The zero-order valence-corrected chi connectivity index (χ0v) is 14.3. The fraction of sp³-hybridized carbons (Fsp3) is 0.500. The van der Waals surface area contributed by atoms with E-state index in [-0.39, 0.29) is 16.6 Å². The van der Waals surface area contributed by atoms with Crippen LogP contribution in [0, 0.1) is 10.1 Å². The number of likely N-dealkylation sites (tertiary alicyclic amines) is 1. The number of nitrogens with one attached hydrogen (secondary N) is 1. The molecule has 0 aromatic heterocycles. The van der Waals surface area contributed by atoms with Crippen molar-refractivity contribution in [3.05, 3.63) is 46.0 Å². The minimum absolute atomic E-state index is 0.0704. The zero-order chi connectivity index (χ0) is 17.6. The van der Waals surface area contributed by atoms with E-state index in [1.807, 2.05) is 23.1 Å². The molecular weight excluding hydrogens is 320 g/mol. The minimum Gasteiger partial charge on any atom is -0.338 e. The number of hydrogen-bond acceptors (Lipinski definition) is 4. The summed E-state index contributed by atoms with van der Waals surface area (Å²) in [5.41, 5.74) is 0.765. The highest BCUT2D eigenvalue weighted by Crippen LogP contribution is 2.20. The fourth-order valence-electron chi connectivity index (χ4n) is 3.53. The summed E-state index contributed by atoms with van der Waals surface area (Å²) in [6.07, 6.45) is 6.78. The van der Waals surface area contributed by atoms with E-state index in [0.717, 1.165) is 52.0 Å². The molecule has 2 saturated heterocycles. The van der Waals surface area contributed by atoms with Gasteiger partial charge in [0.15, 0.2) is 0 Å². The van der Waals surface area contributed by atoms with Crippen LogP contribution in [-0.2, 0) is 0 Å². The summed E-state index contributed by atoms with van der Waals surface area (Å²) in [6.45, 7) is 4.29. The van der Waals surface area contributed by atoms with Crippen LogP contribution in [-0.4, -0.2) is 59.5 Å². The van der Waals surface area contributed by atoms with Gasteiger partial charge in [-0.3, -0.25) is 15.0 Å². The number of urea groups is 1. The minimum atomic E-state index is -0.352. The lowest BCUT2D eigenvalue weighted by Gasteiger charge is -2.40. The molecule has 0 radical (unpaired) electrons. The monoisotopic (exact) mass is 344 g/mol. The summed E-state index contributed by atoms with van der Waals surface area (Å²) in [6, 6.07) is 7.17. The first kappa shape index (κ1) is 17.4. The summed E-state index contributed by atoms with van der Waals surface area (Å²) in [4.78, 5) is 26.9. The topological polar surface area (TPSA) is 78.7 Å². The molecule has 0 unspecified atom stereocenters. The van der Waals surface area contributed by atoms with Crippen molar-refractivity contribution < 1.29 is 9.72 Å². The molecule has 2 aliphatic heterocycles. The predicted molar refractivity (Wildman–Crippen MR) is 96.3 cm³/mol. The number of nitro benzene ring substituents is 1. The van der Waals surface area contributed by atoms with Gasteiger partial charge >= 0.3 is 6.03 Å². The van der Waals surface area contributed by atoms with Crippen LogP contribution in [0.1, 0.15) is 24.8 Å². The predicted octanol–water partition coefficient (Wildman–Crippen LogP) is 2.49. The van der Waals surface area contributed by atoms with Crippen molar-refractivity contribution in [3.63, 3.8) is 0 Å². The molecule has 2 amide bonds. The number of rotatable bonds is 5. The van der Waals surface area contributed by atoms with Crippen molar-refractivity contribution in [2.24, 2.45) is 0 Å². The van der Waals surface area contributed by atoms with Gasteiger partial charge in [0.05, 0.1) is 10.5 Å². The second-order valence-electron chi connectivity index (χ2n) is 6.53. The van der Waals surface area contributed by atoms with Crippen LogP contribution in [0.2, 0.25) is 0 Å². The maximum Gasteiger partial charge on any atom is 0.317 e. The molecule has 0 bridgehead atoms. The van der Waals surface area contributed by atoms with Gasteiger partial charge in [-0.05, 0) is 25.3 Å². The molecule has 2 fully saturated rings. The molecule has 2 aliphatic rings. The number of piperidine rings is 1. The average Bonchev–Trinajstić information content (AvgIpc) is 2.63. The number of nitrogens with zero attached hydrogens (tertiary/aromatic N) is 3. The largest absolute Gasteiger partial charge is 0.338 e. The van der Waals surface area contributed by atoms with Gasteiger partial charge in [0.1, 0.15) is 0 Å². The van der Waals surface area contributed by atoms with Gasteiger partial charge in [-0.2, -0.15) is 0 Å². The normalized spacial score (nSPS) is 20.0. The van der Waals surface area contributed by atoms with Crippen LogP contribution in [0.5, 0.6) is 0 Å². The van der Waals surface area contributed by atoms with E-state index in [9.17, 15) is 14.9 Å². The summed E-state index contributed by atoms with van der Waals surface area (Å²) < 4.78 is 0. The molecule has 0 spiro atoms. The van der Waals surface area contributed by atoms with E-state index in [2.05, 4.69) is 10.2 Å². The van der Waals surface area contributed by atoms with E-state index >= 15 is 0 Å². The Bertz CT molecular complexity index is 653. The van der Waals surface area contributed by atoms with Crippen molar-refractivity contribution in [2.45, 2.75) is 25.3 Å². The maximum absolute atomic E-state index is 11.9. The lowest BCUT2D eigenvalue weighted by atomic mass is 10.0. The van der Waals surface area contributed by atoms with Gasteiger partial charge in [-0.1, -0.05) is 24.3 Å². The van der Waals surface area contributed by atoms with E-state index in [0.29, 0.717) is 11.6 Å². The van der Waals surface area contributed by atoms with Crippen molar-refractivity contribution in [2.75, 3.05) is 32.7 Å². The van der Waals surface area contributed by atoms with Crippen molar-refractivity contribution >= 4 is 17.8 Å². The first-order valence-electron chi connectivity index (χ1n) is 8.82. The molecule has 0 aliphatic carbocycles. The Labute approximate surface area is 147 Å². The Morgan fingerprint density at radius 2 is 2.00 bits per heavy atom. The molecule has 7 heteroatoms. The molecule has 7 nitrogen and oxygen atoms in total. The number of hydrogen-bond donors (Lipinski definition) is 1. The Kier molecular flexibility index (Phi) is 5.65. The smallest absolute Gasteiger partial charge is 0.317 e. The van der Waals surface area contributed by atoms with E-state index < -0.39 is 0 Å². The molecule has 3 rings (SSSR count).